The zero-order valence-electron chi connectivity index (χ0n) is 11.9. The largest absolute Gasteiger partial charge is 0.353 e. The molecule has 20 heavy (non-hydrogen) atoms. The maximum atomic E-state index is 12.0. The van der Waals surface area contributed by atoms with Gasteiger partial charge in [-0.25, -0.2) is 0 Å². The lowest BCUT2D eigenvalue weighted by Crippen LogP contribution is -2.38. The maximum Gasteiger partial charge on any atom is 0.230 e. The number of carbonyl (C=O) groups excluding carboxylic acids is 1. The van der Waals surface area contributed by atoms with Crippen molar-refractivity contribution >= 4 is 17.7 Å². The summed E-state index contributed by atoms with van der Waals surface area (Å²) in [5.41, 5.74) is 0. The monoisotopic (exact) mass is 294 g/mol. The summed E-state index contributed by atoms with van der Waals surface area (Å²) in [6.45, 7) is 2.29. The van der Waals surface area contributed by atoms with Gasteiger partial charge in [0.25, 0.3) is 0 Å². The van der Waals surface area contributed by atoms with E-state index in [1.807, 2.05) is 0 Å². The summed E-state index contributed by atoms with van der Waals surface area (Å²) in [5.74, 6) is 1.38. The highest BCUT2D eigenvalue weighted by atomic mass is 32.2. The van der Waals surface area contributed by atoms with Crippen molar-refractivity contribution in [2.24, 2.45) is 5.92 Å². The van der Waals surface area contributed by atoms with Gasteiger partial charge in [-0.2, -0.15) is 0 Å². The van der Waals surface area contributed by atoms with Crippen LogP contribution in [0.25, 0.3) is 0 Å². The summed E-state index contributed by atoms with van der Waals surface area (Å²) >= 11 is 1.50. The van der Waals surface area contributed by atoms with Crippen LogP contribution in [0.15, 0.2) is 11.5 Å². The molecule has 0 aliphatic heterocycles. The second-order valence-electron chi connectivity index (χ2n) is 6.06. The highest BCUT2D eigenvalue weighted by Gasteiger charge is 2.26. The summed E-state index contributed by atoms with van der Waals surface area (Å²) < 4.78 is 2.10. The molecule has 1 amide bonds. The Labute approximate surface area is 123 Å². The van der Waals surface area contributed by atoms with Crippen molar-refractivity contribution in [2.45, 2.75) is 62.7 Å². The Morgan fingerprint density at radius 2 is 2.10 bits per heavy atom. The second kappa shape index (κ2) is 6.16. The van der Waals surface area contributed by atoms with E-state index < -0.39 is 0 Å². The van der Waals surface area contributed by atoms with E-state index >= 15 is 0 Å². The van der Waals surface area contributed by atoms with Crippen LogP contribution in [0.5, 0.6) is 0 Å². The molecule has 0 spiro atoms. The van der Waals surface area contributed by atoms with Crippen LogP contribution >= 0.6 is 11.8 Å². The number of hydrogen-bond donors (Lipinski definition) is 1. The summed E-state index contributed by atoms with van der Waals surface area (Å²) in [7, 11) is 0. The zero-order valence-corrected chi connectivity index (χ0v) is 12.7. The lowest BCUT2D eigenvalue weighted by molar-refractivity contribution is -0.119. The molecule has 5 nitrogen and oxygen atoms in total. The number of amides is 1. The first kappa shape index (κ1) is 13.9. The third-order valence-electron chi connectivity index (χ3n) is 4.19. The number of nitrogens with one attached hydrogen (secondary N) is 1. The van der Waals surface area contributed by atoms with Crippen LogP contribution in [0.4, 0.5) is 0 Å². The van der Waals surface area contributed by atoms with E-state index in [9.17, 15) is 4.79 Å². The van der Waals surface area contributed by atoms with E-state index in [0.717, 1.165) is 23.9 Å². The molecule has 0 radical (unpaired) electrons. The molecule has 0 saturated heterocycles. The Morgan fingerprint density at radius 1 is 1.35 bits per heavy atom. The molecule has 0 bridgehead atoms. The molecule has 0 unspecified atom stereocenters. The molecule has 1 aromatic rings. The number of carbonyl (C=O) groups is 1. The first-order valence-electron chi connectivity index (χ1n) is 7.54. The first-order valence-corrected chi connectivity index (χ1v) is 8.52. The lowest BCUT2D eigenvalue weighted by atomic mass is 9.87. The van der Waals surface area contributed by atoms with Gasteiger partial charge >= 0.3 is 0 Å². The molecule has 2 aliphatic carbocycles. The van der Waals surface area contributed by atoms with E-state index in [1.54, 1.807) is 6.33 Å². The number of thioether (sulfide) groups is 1. The van der Waals surface area contributed by atoms with Crippen molar-refractivity contribution in [1.29, 1.82) is 0 Å². The van der Waals surface area contributed by atoms with Gasteiger partial charge in [0.15, 0.2) is 5.16 Å². The van der Waals surface area contributed by atoms with Gasteiger partial charge in [0.05, 0.1) is 5.75 Å². The predicted molar refractivity (Wildman–Crippen MR) is 78.6 cm³/mol. The van der Waals surface area contributed by atoms with Gasteiger partial charge in [-0.15, -0.1) is 10.2 Å². The first-order chi connectivity index (χ1) is 9.72. The molecule has 3 rings (SSSR count). The van der Waals surface area contributed by atoms with Crippen LogP contribution in [-0.2, 0) is 4.79 Å². The lowest BCUT2D eigenvalue weighted by Gasteiger charge is -2.26. The molecule has 1 N–H and O–H groups in total. The van der Waals surface area contributed by atoms with Crippen LogP contribution in [-0.4, -0.2) is 32.5 Å². The van der Waals surface area contributed by atoms with Crippen molar-refractivity contribution < 1.29 is 4.79 Å². The van der Waals surface area contributed by atoms with Crippen molar-refractivity contribution in [3.8, 4) is 0 Å². The third-order valence-corrected chi connectivity index (χ3v) is 5.15. The van der Waals surface area contributed by atoms with Gasteiger partial charge in [0.2, 0.25) is 5.91 Å². The van der Waals surface area contributed by atoms with Crippen molar-refractivity contribution in [2.75, 3.05) is 5.75 Å². The molecule has 6 heteroatoms. The topological polar surface area (TPSA) is 59.8 Å². The van der Waals surface area contributed by atoms with Gasteiger partial charge in [-0.3, -0.25) is 4.79 Å². The van der Waals surface area contributed by atoms with Gasteiger partial charge in [-0.05, 0) is 44.4 Å². The maximum absolute atomic E-state index is 12.0. The standard InChI is InChI=1S/C14H22N4OS/c1-10-2-4-11(5-3-10)16-13(19)8-20-14-17-15-9-18(14)12-6-7-12/h9-12H,2-8H2,1H3,(H,16,19). The average Bonchev–Trinajstić information content (AvgIpc) is 3.18. The van der Waals surface area contributed by atoms with Crippen LogP contribution in [0, 0.1) is 5.92 Å². The molecule has 2 aliphatic rings. The number of rotatable bonds is 5. The van der Waals surface area contributed by atoms with Gasteiger partial charge in [-0.1, -0.05) is 18.7 Å². The molecule has 110 valence electrons. The van der Waals surface area contributed by atoms with E-state index in [2.05, 4.69) is 27.0 Å². The Hall–Kier alpha value is -1.04. The minimum atomic E-state index is 0.125. The summed E-state index contributed by atoms with van der Waals surface area (Å²) in [6, 6.07) is 0.941. The van der Waals surface area contributed by atoms with Crippen molar-refractivity contribution in [3.05, 3.63) is 6.33 Å². The van der Waals surface area contributed by atoms with Crippen molar-refractivity contribution in [3.63, 3.8) is 0 Å². The van der Waals surface area contributed by atoms with E-state index in [1.165, 1.54) is 37.4 Å². The number of hydrogen-bond acceptors (Lipinski definition) is 4. The fraction of sp³-hybridized carbons (Fsp3) is 0.786. The Balaban J connectivity index is 1.43. The SMILES string of the molecule is CC1CCC(NC(=O)CSc2nncn2C2CC2)CC1. The summed E-state index contributed by atoms with van der Waals surface area (Å²) in [4.78, 5) is 12.0. The second-order valence-corrected chi connectivity index (χ2v) is 7.01. The average molecular weight is 294 g/mol. The Bertz CT molecular complexity index is 463. The summed E-state index contributed by atoms with van der Waals surface area (Å²) in [6.07, 6.45) is 8.89. The minimum absolute atomic E-state index is 0.125. The van der Waals surface area contributed by atoms with Crippen LogP contribution in [0.3, 0.4) is 0 Å². The molecule has 0 aromatic carbocycles. The Morgan fingerprint density at radius 3 is 2.80 bits per heavy atom. The van der Waals surface area contributed by atoms with Crippen LogP contribution in [0.2, 0.25) is 0 Å². The summed E-state index contributed by atoms with van der Waals surface area (Å²) in [5, 5.41) is 12.1. The van der Waals surface area contributed by atoms with Crippen LogP contribution < -0.4 is 5.32 Å². The van der Waals surface area contributed by atoms with Gasteiger partial charge in [0, 0.05) is 12.1 Å². The quantitative estimate of drug-likeness (QED) is 0.847. The van der Waals surface area contributed by atoms with Gasteiger partial charge < -0.3 is 9.88 Å². The van der Waals surface area contributed by atoms with E-state index in [-0.39, 0.29) is 5.91 Å². The molecule has 1 heterocycles. The zero-order chi connectivity index (χ0) is 13.9. The predicted octanol–water partition coefficient (Wildman–Crippen LogP) is 2.40. The smallest absolute Gasteiger partial charge is 0.230 e. The molecule has 2 fully saturated rings. The number of nitrogens with zero attached hydrogens (tertiary/aromatic N) is 3. The van der Waals surface area contributed by atoms with E-state index in [0.29, 0.717) is 17.8 Å². The highest BCUT2D eigenvalue weighted by molar-refractivity contribution is 7.99. The number of aromatic nitrogens is 3. The Kier molecular flexibility index (Phi) is 4.29. The van der Waals surface area contributed by atoms with E-state index in [4.69, 9.17) is 0 Å². The fourth-order valence-electron chi connectivity index (χ4n) is 2.74. The molecular weight excluding hydrogens is 272 g/mol. The molecular formula is C14H22N4OS. The fourth-order valence-corrected chi connectivity index (χ4v) is 3.54. The van der Waals surface area contributed by atoms with Crippen molar-refractivity contribution in [1.82, 2.24) is 20.1 Å². The van der Waals surface area contributed by atoms with Crippen LogP contribution in [0.1, 0.15) is 51.5 Å². The highest BCUT2D eigenvalue weighted by Crippen LogP contribution is 2.37. The third kappa shape index (κ3) is 3.53. The van der Waals surface area contributed by atoms with Gasteiger partial charge in [0.1, 0.15) is 6.33 Å². The normalized spacial score (nSPS) is 26.4. The molecule has 1 aromatic heterocycles. The molecule has 0 atom stereocenters. The molecule has 2 saturated carbocycles. The minimum Gasteiger partial charge on any atom is -0.353 e.